The van der Waals surface area contributed by atoms with Crippen molar-refractivity contribution in [2.75, 3.05) is 0 Å². The molecule has 0 amide bonds. The van der Waals surface area contributed by atoms with Crippen molar-refractivity contribution >= 4 is 0 Å². The van der Waals surface area contributed by atoms with Gasteiger partial charge in [-0.2, -0.15) is 0 Å². The van der Waals surface area contributed by atoms with Crippen LogP contribution in [0.15, 0.2) is 42.7 Å². The van der Waals surface area contributed by atoms with Gasteiger partial charge in [0.2, 0.25) is 5.88 Å². The Hall–Kier alpha value is -1.94. The van der Waals surface area contributed by atoms with Crippen molar-refractivity contribution in [2.24, 2.45) is 0 Å². The molecular formula is C15H19N3O. The minimum absolute atomic E-state index is 0.427. The molecule has 0 spiro atoms. The Morgan fingerprint density at radius 1 is 1.16 bits per heavy atom. The van der Waals surface area contributed by atoms with Crippen molar-refractivity contribution in [2.45, 2.75) is 33.0 Å². The standard InChI is InChI=1S/C15H19N3O/c1-12(2)17-9-14-8-16-10-15(18-14)19-11-13-6-4-3-5-7-13/h3-8,10,12,17H,9,11H2,1-2H3. The zero-order chi connectivity index (χ0) is 13.5. The molecular weight excluding hydrogens is 238 g/mol. The van der Waals surface area contributed by atoms with E-state index < -0.39 is 0 Å². The molecule has 2 rings (SSSR count). The minimum atomic E-state index is 0.427. The minimum Gasteiger partial charge on any atom is -0.472 e. The number of nitrogens with zero attached hydrogens (tertiary/aromatic N) is 2. The molecule has 0 radical (unpaired) electrons. The van der Waals surface area contributed by atoms with Crippen LogP contribution >= 0.6 is 0 Å². The molecule has 0 aliphatic rings. The number of hydrogen-bond donors (Lipinski definition) is 1. The van der Waals surface area contributed by atoms with E-state index in [4.69, 9.17) is 4.74 Å². The van der Waals surface area contributed by atoms with E-state index in [1.54, 1.807) is 12.4 Å². The summed E-state index contributed by atoms with van der Waals surface area (Å²) in [6.45, 7) is 5.41. The third-order valence-corrected chi connectivity index (χ3v) is 2.58. The molecule has 100 valence electrons. The van der Waals surface area contributed by atoms with Crippen LogP contribution in [0.5, 0.6) is 5.88 Å². The maximum atomic E-state index is 5.64. The smallest absolute Gasteiger partial charge is 0.232 e. The second-order valence-electron chi connectivity index (χ2n) is 4.66. The third kappa shape index (κ3) is 4.67. The lowest BCUT2D eigenvalue weighted by Gasteiger charge is -2.09. The van der Waals surface area contributed by atoms with Crippen LogP contribution in [0.1, 0.15) is 25.1 Å². The Balaban J connectivity index is 1.91. The van der Waals surface area contributed by atoms with Crippen molar-refractivity contribution in [1.29, 1.82) is 0 Å². The average molecular weight is 257 g/mol. The summed E-state index contributed by atoms with van der Waals surface area (Å²) in [4.78, 5) is 8.56. The Bertz CT molecular complexity index is 500. The quantitative estimate of drug-likeness (QED) is 0.864. The fourth-order valence-electron chi connectivity index (χ4n) is 1.58. The highest BCUT2D eigenvalue weighted by molar-refractivity contribution is 5.15. The van der Waals surface area contributed by atoms with Crippen molar-refractivity contribution in [3.05, 3.63) is 54.0 Å². The lowest BCUT2D eigenvalue weighted by molar-refractivity contribution is 0.291. The molecule has 0 aliphatic carbocycles. The zero-order valence-electron chi connectivity index (χ0n) is 11.3. The molecule has 1 aromatic carbocycles. The second kappa shape index (κ2) is 6.85. The van der Waals surface area contributed by atoms with Gasteiger partial charge < -0.3 is 10.1 Å². The number of rotatable bonds is 6. The molecule has 2 aromatic rings. The van der Waals surface area contributed by atoms with E-state index in [0.717, 1.165) is 11.3 Å². The first kappa shape index (κ1) is 13.5. The highest BCUT2D eigenvalue weighted by Gasteiger charge is 2.01. The van der Waals surface area contributed by atoms with Gasteiger partial charge in [-0.3, -0.25) is 4.98 Å². The van der Waals surface area contributed by atoms with Gasteiger partial charge in [-0.1, -0.05) is 44.2 Å². The summed E-state index contributed by atoms with van der Waals surface area (Å²) >= 11 is 0. The van der Waals surface area contributed by atoms with Crippen LogP contribution in [-0.4, -0.2) is 16.0 Å². The molecule has 0 atom stereocenters. The first-order chi connectivity index (χ1) is 9.24. The molecule has 0 bridgehead atoms. The van der Waals surface area contributed by atoms with E-state index in [9.17, 15) is 0 Å². The number of hydrogen-bond acceptors (Lipinski definition) is 4. The van der Waals surface area contributed by atoms with Gasteiger partial charge in [0.15, 0.2) is 0 Å². The van der Waals surface area contributed by atoms with Crippen molar-refractivity contribution in [3.8, 4) is 5.88 Å². The van der Waals surface area contributed by atoms with Crippen molar-refractivity contribution < 1.29 is 4.74 Å². The molecule has 1 heterocycles. The van der Waals surface area contributed by atoms with Crippen LogP contribution in [0.4, 0.5) is 0 Å². The summed E-state index contributed by atoms with van der Waals surface area (Å²) in [5, 5.41) is 3.30. The highest BCUT2D eigenvalue weighted by Crippen LogP contribution is 2.08. The summed E-state index contributed by atoms with van der Waals surface area (Å²) in [6, 6.07) is 10.5. The van der Waals surface area contributed by atoms with E-state index in [-0.39, 0.29) is 0 Å². The van der Waals surface area contributed by atoms with Gasteiger partial charge in [-0.05, 0) is 5.56 Å². The molecule has 0 aliphatic heterocycles. The van der Waals surface area contributed by atoms with Crippen LogP contribution in [0.3, 0.4) is 0 Å². The zero-order valence-corrected chi connectivity index (χ0v) is 11.3. The fraction of sp³-hybridized carbons (Fsp3) is 0.333. The topological polar surface area (TPSA) is 47.0 Å². The van der Waals surface area contributed by atoms with E-state index >= 15 is 0 Å². The molecule has 0 fully saturated rings. The Morgan fingerprint density at radius 2 is 1.95 bits per heavy atom. The average Bonchev–Trinajstić information content (AvgIpc) is 2.44. The summed E-state index contributed by atoms with van der Waals surface area (Å²) < 4.78 is 5.64. The van der Waals surface area contributed by atoms with E-state index in [0.29, 0.717) is 25.1 Å². The fourth-order valence-corrected chi connectivity index (χ4v) is 1.58. The van der Waals surface area contributed by atoms with Crippen LogP contribution in [-0.2, 0) is 13.2 Å². The van der Waals surface area contributed by atoms with Gasteiger partial charge in [0, 0.05) is 18.8 Å². The maximum absolute atomic E-state index is 5.64. The van der Waals surface area contributed by atoms with Gasteiger partial charge in [-0.15, -0.1) is 0 Å². The Morgan fingerprint density at radius 3 is 2.68 bits per heavy atom. The summed E-state index contributed by atoms with van der Waals surface area (Å²) in [5.74, 6) is 0.562. The molecule has 4 nitrogen and oxygen atoms in total. The number of ether oxygens (including phenoxy) is 1. The van der Waals surface area contributed by atoms with Gasteiger partial charge in [0.25, 0.3) is 0 Å². The van der Waals surface area contributed by atoms with Crippen LogP contribution in [0.25, 0.3) is 0 Å². The highest BCUT2D eigenvalue weighted by atomic mass is 16.5. The summed E-state index contributed by atoms with van der Waals surface area (Å²) in [7, 11) is 0. The number of nitrogens with one attached hydrogen (secondary N) is 1. The SMILES string of the molecule is CC(C)NCc1cncc(OCc2ccccc2)n1. The number of aromatic nitrogens is 2. The molecule has 19 heavy (non-hydrogen) atoms. The lowest BCUT2D eigenvalue weighted by atomic mass is 10.2. The third-order valence-electron chi connectivity index (χ3n) is 2.58. The molecule has 0 saturated heterocycles. The normalized spacial score (nSPS) is 10.7. The van der Waals surface area contributed by atoms with Crippen LogP contribution in [0, 0.1) is 0 Å². The van der Waals surface area contributed by atoms with E-state index in [2.05, 4.69) is 29.1 Å². The van der Waals surface area contributed by atoms with Gasteiger partial charge in [-0.25, -0.2) is 4.98 Å². The molecule has 0 unspecified atom stereocenters. The predicted molar refractivity (Wildman–Crippen MR) is 74.8 cm³/mol. The molecule has 1 aromatic heterocycles. The summed E-state index contributed by atoms with van der Waals surface area (Å²) in [6.07, 6.45) is 3.40. The van der Waals surface area contributed by atoms with Gasteiger partial charge >= 0.3 is 0 Å². The van der Waals surface area contributed by atoms with E-state index in [1.807, 2.05) is 30.3 Å². The predicted octanol–water partition coefficient (Wildman–Crippen LogP) is 2.55. The van der Waals surface area contributed by atoms with Gasteiger partial charge in [0.05, 0.1) is 11.9 Å². The second-order valence-corrected chi connectivity index (χ2v) is 4.66. The largest absolute Gasteiger partial charge is 0.472 e. The Labute approximate surface area is 113 Å². The monoisotopic (exact) mass is 257 g/mol. The molecule has 1 N–H and O–H groups in total. The lowest BCUT2D eigenvalue weighted by Crippen LogP contribution is -2.22. The van der Waals surface area contributed by atoms with E-state index in [1.165, 1.54) is 0 Å². The van der Waals surface area contributed by atoms with Crippen molar-refractivity contribution in [3.63, 3.8) is 0 Å². The molecule has 4 heteroatoms. The number of benzene rings is 1. The first-order valence-electron chi connectivity index (χ1n) is 6.45. The first-order valence-corrected chi connectivity index (χ1v) is 6.45. The van der Waals surface area contributed by atoms with Crippen LogP contribution in [0.2, 0.25) is 0 Å². The van der Waals surface area contributed by atoms with Crippen molar-refractivity contribution in [1.82, 2.24) is 15.3 Å². The van der Waals surface area contributed by atoms with Crippen LogP contribution < -0.4 is 10.1 Å². The summed E-state index contributed by atoms with van der Waals surface area (Å²) in [5.41, 5.74) is 2.01. The molecule has 0 saturated carbocycles. The maximum Gasteiger partial charge on any atom is 0.232 e. The van der Waals surface area contributed by atoms with Gasteiger partial charge in [0.1, 0.15) is 6.61 Å². The Kier molecular flexibility index (Phi) is 4.86.